The number of piperazine rings is 1. The second-order valence-electron chi connectivity index (χ2n) is 5.19. The first-order valence-corrected chi connectivity index (χ1v) is 7.60. The molecular weight excluding hydrogens is 268 g/mol. The number of carbonyl (C=O) groups excluding carboxylic acids is 1. The van der Waals surface area contributed by atoms with Crippen LogP contribution in [0, 0.1) is 0 Å². The van der Waals surface area contributed by atoms with E-state index in [4.69, 9.17) is 4.74 Å². The molecule has 1 amide bonds. The molecule has 1 aromatic carbocycles. The average Bonchev–Trinajstić information content (AvgIpc) is 2.54. The molecule has 1 N–H and O–H groups in total. The van der Waals surface area contributed by atoms with Crippen LogP contribution in [0.3, 0.4) is 0 Å². The lowest BCUT2D eigenvalue weighted by Gasteiger charge is -2.35. The Morgan fingerprint density at radius 2 is 1.81 bits per heavy atom. The van der Waals surface area contributed by atoms with Gasteiger partial charge in [-0.05, 0) is 31.0 Å². The number of anilines is 1. The van der Waals surface area contributed by atoms with Gasteiger partial charge in [-0.15, -0.1) is 0 Å². The Labute approximate surface area is 126 Å². The van der Waals surface area contributed by atoms with Gasteiger partial charge in [0.15, 0.2) is 0 Å². The predicted molar refractivity (Wildman–Crippen MR) is 82.5 cm³/mol. The maximum Gasteiger partial charge on any atom is 0.409 e. The predicted octanol–water partition coefficient (Wildman–Crippen LogP) is 2.41. The van der Waals surface area contributed by atoms with Crippen molar-refractivity contribution < 1.29 is 14.6 Å². The van der Waals surface area contributed by atoms with Crippen molar-refractivity contribution in [3.8, 4) is 0 Å². The van der Waals surface area contributed by atoms with Crippen LogP contribution in [0.15, 0.2) is 24.3 Å². The molecule has 1 atom stereocenters. The normalized spacial score (nSPS) is 16.7. The van der Waals surface area contributed by atoms with Crippen molar-refractivity contribution >= 4 is 11.8 Å². The smallest absolute Gasteiger partial charge is 0.409 e. The van der Waals surface area contributed by atoms with Crippen LogP contribution in [0.1, 0.15) is 31.9 Å². The second-order valence-corrected chi connectivity index (χ2v) is 5.19. The molecule has 0 spiro atoms. The molecule has 1 aliphatic heterocycles. The third-order valence-electron chi connectivity index (χ3n) is 3.84. The number of carbonyl (C=O) groups is 1. The Morgan fingerprint density at radius 3 is 2.33 bits per heavy atom. The number of hydrogen-bond donors (Lipinski definition) is 1. The molecule has 1 fully saturated rings. The van der Waals surface area contributed by atoms with Gasteiger partial charge >= 0.3 is 6.09 Å². The molecule has 5 heteroatoms. The van der Waals surface area contributed by atoms with Crippen molar-refractivity contribution in [3.05, 3.63) is 29.8 Å². The maximum absolute atomic E-state index is 11.7. The van der Waals surface area contributed by atoms with Gasteiger partial charge in [0.2, 0.25) is 0 Å². The average molecular weight is 292 g/mol. The summed E-state index contributed by atoms with van der Waals surface area (Å²) in [4.78, 5) is 15.6. The lowest BCUT2D eigenvalue weighted by atomic mass is 10.1. The molecule has 1 saturated heterocycles. The van der Waals surface area contributed by atoms with Crippen LogP contribution in [0.5, 0.6) is 0 Å². The fourth-order valence-electron chi connectivity index (χ4n) is 2.50. The highest BCUT2D eigenvalue weighted by molar-refractivity contribution is 5.68. The van der Waals surface area contributed by atoms with Crippen molar-refractivity contribution in [1.82, 2.24) is 4.90 Å². The van der Waals surface area contributed by atoms with Gasteiger partial charge in [0.25, 0.3) is 0 Å². The van der Waals surface area contributed by atoms with Crippen LogP contribution in [0.25, 0.3) is 0 Å². The van der Waals surface area contributed by atoms with Gasteiger partial charge in [0.1, 0.15) is 0 Å². The number of hydrogen-bond acceptors (Lipinski definition) is 4. The van der Waals surface area contributed by atoms with Crippen LogP contribution in [0.2, 0.25) is 0 Å². The van der Waals surface area contributed by atoms with Crippen molar-refractivity contribution in [2.75, 3.05) is 37.7 Å². The summed E-state index contributed by atoms with van der Waals surface area (Å²) < 4.78 is 5.02. The fourth-order valence-corrected chi connectivity index (χ4v) is 2.50. The summed E-state index contributed by atoms with van der Waals surface area (Å²) in [5, 5.41) is 9.81. The number of benzene rings is 1. The van der Waals surface area contributed by atoms with Crippen molar-refractivity contribution in [3.63, 3.8) is 0 Å². The molecule has 0 unspecified atom stereocenters. The Kier molecular flexibility index (Phi) is 5.44. The molecule has 0 aliphatic carbocycles. The van der Waals surface area contributed by atoms with E-state index < -0.39 is 0 Å². The zero-order chi connectivity index (χ0) is 15.2. The van der Waals surface area contributed by atoms with E-state index in [1.54, 1.807) is 4.90 Å². The van der Waals surface area contributed by atoms with Crippen molar-refractivity contribution in [2.45, 2.75) is 26.4 Å². The summed E-state index contributed by atoms with van der Waals surface area (Å²) in [6.45, 7) is 7.16. The summed E-state index contributed by atoms with van der Waals surface area (Å²) in [7, 11) is 0. The first-order chi connectivity index (χ1) is 10.2. The molecule has 0 saturated carbocycles. The van der Waals surface area contributed by atoms with Crippen LogP contribution in [-0.4, -0.2) is 48.9 Å². The number of aliphatic hydroxyl groups excluding tert-OH is 1. The maximum atomic E-state index is 11.7. The highest BCUT2D eigenvalue weighted by Gasteiger charge is 2.22. The van der Waals surface area contributed by atoms with Crippen molar-refractivity contribution in [1.29, 1.82) is 0 Å². The molecular formula is C16H24N2O3. The van der Waals surface area contributed by atoms with E-state index in [1.165, 1.54) is 0 Å². The molecule has 116 valence electrons. The molecule has 0 aromatic heterocycles. The first-order valence-electron chi connectivity index (χ1n) is 7.60. The SMILES string of the molecule is CCOC(=O)N1CCN(c2ccc([C@H](O)CC)cc2)CC1. The summed E-state index contributed by atoms with van der Waals surface area (Å²) in [6.07, 6.45) is 0.107. The molecule has 21 heavy (non-hydrogen) atoms. The first kappa shape index (κ1) is 15.6. The van der Waals surface area contributed by atoms with Crippen LogP contribution in [-0.2, 0) is 4.74 Å². The quantitative estimate of drug-likeness (QED) is 0.926. The van der Waals surface area contributed by atoms with E-state index in [0.29, 0.717) is 19.7 Å². The van der Waals surface area contributed by atoms with E-state index >= 15 is 0 Å². The number of amides is 1. The molecule has 0 bridgehead atoms. The topological polar surface area (TPSA) is 53.0 Å². The van der Waals surface area contributed by atoms with Crippen molar-refractivity contribution in [2.24, 2.45) is 0 Å². The van der Waals surface area contributed by atoms with E-state index in [1.807, 2.05) is 38.1 Å². The minimum Gasteiger partial charge on any atom is -0.450 e. The Hall–Kier alpha value is -1.75. The zero-order valence-corrected chi connectivity index (χ0v) is 12.8. The monoisotopic (exact) mass is 292 g/mol. The second kappa shape index (κ2) is 7.31. The fraction of sp³-hybridized carbons (Fsp3) is 0.562. The molecule has 0 radical (unpaired) electrons. The summed E-state index contributed by atoms with van der Waals surface area (Å²) in [6, 6.07) is 8.02. The Balaban J connectivity index is 1.91. The van der Waals surface area contributed by atoms with E-state index in [2.05, 4.69) is 4.90 Å². The largest absolute Gasteiger partial charge is 0.450 e. The standard InChI is InChI=1S/C16H24N2O3/c1-3-15(19)13-5-7-14(8-6-13)17-9-11-18(12-10-17)16(20)21-4-2/h5-8,15,19H,3-4,9-12H2,1-2H3/t15-/m1/s1. The van der Waals surface area contributed by atoms with Gasteiger partial charge in [-0.3, -0.25) is 0 Å². The van der Waals surface area contributed by atoms with Crippen LogP contribution < -0.4 is 4.90 Å². The molecule has 1 heterocycles. The van der Waals surface area contributed by atoms with Gasteiger partial charge in [-0.1, -0.05) is 19.1 Å². The van der Waals surface area contributed by atoms with Crippen LogP contribution >= 0.6 is 0 Å². The zero-order valence-electron chi connectivity index (χ0n) is 12.8. The third kappa shape index (κ3) is 3.88. The van der Waals surface area contributed by atoms with Gasteiger partial charge < -0.3 is 19.6 Å². The molecule has 1 aliphatic rings. The van der Waals surface area contributed by atoms with Gasteiger partial charge in [0.05, 0.1) is 12.7 Å². The highest BCUT2D eigenvalue weighted by Crippen LogP contribution is 2.22. The van der Waals surface area contributed by atoms with Gasteiger partial charge in [0, 0.05) is 31.9 Å². The number of rotatable bonds is 4. The Morgan fingerprint density at radius 1 is 1.19 bits per heavy atom. The molecule has 2 rings (SSSR count). The number of nitrogens with zero attached hydrogens (tertiary/aromatic N) is 2. The third-order valence-corrected chi connectivity index (χ3v) is 3.84. The minimum absolute atomic E-state index is 0.224. The van der Waals surface area contributed by atoms with E-state index in [-0.39, 0.29) is 12.2 Å². The Bertz CT molecular complexity index is 453. The number of ether oxygens (including phenoxy) is 1. The minimum atomic E-state index is -0.389. The van der Waals surface area contributed by atoms with Gasteiger partial charge in [-0.2, -0.15) is 0 Å². The molecule has 5 nitrogen and oxygen atoms in total. The summed E-state index contributed by atoms with van der Waals surface area (Å²) in [5.74, 6) is 0. The van der Waals surface area contributed by atoms with E-state index in [9.17, 15) is 9.90 Å². The van der Waals surface area contributed by atoms with Crippen LogP contribution in [0.4, 0.5) is 10.5 Å². The lowest BCUT2D eigenvalue weighted by Crippen LogP contribution is -2.49. The molecule has 1 aromatic rings. The van der Waals surface area contributed by atoms with Gasteiger partial charge in [-0.25, -0.2) is 4.79 Å². The lowest BCUT2D eigenvalue weighted by molar-refractivity contribution is 0.105. The highest BCUT2D eigenvalue weighted by atomic mass is 16.6. The number of aliphatic hydroxyl groups is 1. The summed E-state index contributed by atoms with van der Waals surface area (Å²) >= 11 is 0. The van der Waals surface area contributed by atoms with E-state index in [0.717, 1.165) is 30.8 Å². The summed E-state index contributed by atoms with van der Waals surface area (Å²) in [5.41, 5.74) is 2.08.